The van der Waals surface area contributed by atoms with Crippen LogP contribution in [0.5, 0.6) is 0 Å². The van der Waals surface area contributed by atoms with Gasteiger partial charge in [0, 0.05) is 6.61 Å². The second-order valence-corrected chi connectivity index (χ2v) is 4.02. The van der Waals surface area contributed by atoms with E-state index in [1.807, 2.05) is 0 Å². The van der Waals surface area contributed by atoms with Gasteiger partial charge in [0.15, 0.2) is 0 Å². The van der Waals surface area contributed by atoms with Crippen LogP contribution in [0, 0.1) is 0 Å². The first kappa shape index (κ1) is 11.3. The van der Waals surface area contributed by atoms with Crippen molar-refractivity contribution in [2.75, 3.05) is 6.61 Å². The van der Waals surface area contributed by atoms with Crippen molar-refractivity contribution in [3.63, 3.8) is 0 Å². The molecular weight excluding hydrogens is 172 g/mol. The molecule has 0 radical (unpaired) electrons. The summed E-state index contributed by atoms with van der Waals surface area (Å²) in [6.07, 6.45) is 1.85. The summed E-state index contributed by atoms with van der Waals surface area (Å²) < 4.78 is 0. The van der Waals surface area contributed by atoms with Crippen molar-refractivity contribution in [3.8, 4) is 0 Å². The molecule has 0 bridgehead atoms. The van der Waals surface area contributed by atoms with Crippen molar-refractivity contribution in [3.05, 3.63) is 34.9 Å². The van der Waals surface area contributed by atoms with Crippen LogP contribution in [0.3, 0.4) is 0 Å². The minimum absolute atomic E-state index is 0.243. The molecule has 0 fully saturated rings. The van der Waals surface area contributed by atoms with E-state index in [0.29, 0.717) is 5.92 Å². The molecule has 14 heavy (non-hydrogen) atoms. The maximum Gasteiger partial charge on any atom is 0.0471 e. The zero-order valence-corrected chi connectivity index (χ0v) is 9.38. The highest BCUT2D eigenvalue weighted by atomic mass is 16.2. The number of aliphatic hydroxyl groups excluding tert-OH is 1. The van der Waals surface area contributed by atoms with Crippen LogP contribution in [0.2, 0.25) is 0 Å². The van der Waals surface area contributed by atoms with Crippen molar-refractivity contribution in [1.82, 2.24) is 0 Å². The highest BCUT2D eigenvalue weighted by molar-refractivity contribution is 5.34. The lowest BCUT2D eigenvalue weighted by Gasteiger charge is -2.13. The van der Waals surface area contributed by atoms with Crippen LogP contribution in [0.15, 0.2) is 18.2 Å². The van der Waals surface area contributed by atoms with Crippen molar-refractivity contribution in [2.45, 2.75) is 39.5 Å². The molecule has 1 rings (SSSR count). The minimum atomic E-state index is 0.243. The largest absolute Gasteiger partial charge is 0.396 e. The van der Waals surface area contributed by atoms with Crippen LogP contribution in [0.4, 0.5) is 0 Å². The molecule has 0 atom stereocenters. The average molecular weight is 192 g/mol. The topological polar surface area (TPSA) is 20.2 Å². The van der Waals surface area contributed by atoms with Gasteiger partial charge in [0.05, 0.1) is 0 Å². The Morgan fingerprint density at radius 1 is 1.29 bits per heavy atom. The lowest BCUT2D eigenvalue weighted by molar-refractivity contribution is 0.299. The first-order valence-electron chi connectivity index (χ1n) is 5.41. The van der Waals surface area contributed by atoms with Crippen molar-refractivity contribution < 1.29 is 5.11 Å². The summed E-state index contributed by atoms with van der Waals surface area (Å²) in [6.45, 7) is 6.80. The standard InChI is InChI=1S/C13H20O/c1-4-11-5-6-13(10(2)3)12(9-11)7-8-14/h5-6,9-10,14H,4,7-8H2,1-3H3. The fraction of sp³-hybridized carbons (Fsp3) is 0.538. The lowest BCUT2D eigenvalue weighted by Crippen LogP contribution is -2.00. The van der Waals surface area contributed by atoms with Gasteiger partial charge in [0.1, 0.15) is 0 Å². The highest BCUT2D eigenvalue weighted by Gasteiger charge is 2.06. The molecule has 0 saturated heterocycles. The molecule has 0 spiro atoms. The molecule has 0 unspecified atom stereocenters. The SMILES string of the molecule is CCc1ccc(C(C)C)c(CCO)c1. The summed E-state index contributed by atoms with van der Waals surface area (Å²) in [5.41, 5.74) is 4.04. The molecular formula is C13H20O. The maximum atomic E-state index is 8.99. The number of hydrogen-bond donors (Lipinski definition) is 1. The van der Waals surface area contributed by atoms with Crippen LogP contribution in [0.25, 0.3) is 0 Å². The van der Waals surface area contributed by atoms with Crippen LogP contribution in [-0.2, 0) is 12.8 Å². The molecule has 0 aliphatic rings. The number of aliphatic hydroxyl groups is 1. The van der Waals surface area contributed by atoms with E-state index in [2.05, 4.69) is 39.0 Å². The molecule has 1 aromatic carbocycles. The summed E-state index contributed by atoms with van der Waals surface area (Å²) in [5, 5.41) is 8.99. The van der Waals surface area contributed by atoms with Crippen LogP contribution >= 0.6 is 0 Å². The van der Waals surface area contributed by atoms with E-state index in [1.54, 1.807) is 0 Å². The second kappa shape index (κ2) is 5.16. The van der Waals surface area contributed by atoms with E-state index in [1.165, 1.54) is 16.7 Å². The summed E-state index contributed by atoms with van der Waals surface area (Å²) in [5.74, 6) is 0.544. The maximum absolute atomic E-state index is 8.99. The summed E-state index contributed by atoms with van der Waals surface area (Å²) in [6, 6.07) is 6.62. The molecule has 0 amide bonds. The smallest absolute Gasteiger partial charge is 0.0471 e. The number of benzene rings is 1. The van der Waals surface area contributed by atoms with Gasteiger partial charge in [-0.1, -0.05) is 39.0 Å². The number of aryl methyl sites for hydroxylation is 1. The predicted molar refractivity (Wildman–Crippen MR) is 60.7 cm³/mol. The van der Waals surface area contributed by atoms with E-state index in [0.717, 1.165) is 12.8 Å². The molecule has 1 N–H and O–H groups in total. The van der Waals surface area contributed by atoms with Gasteiger partial charge in [-0.3, -0.25) is 0 Å². The van der Waals surface area contributed by atoms with E-state index in [-0.39, 0.29) is 6.61 Å². The molecule has 0 aliphatic heterocycles. The summed E-state index contributed by atoms with van der Waals surface area (Å²) >= 11 is 0. The zero-order valence-electron chi connectivity index (χ0n) is 9.38. The quantitative estimate of drug-likeness (QED) is 0.777. The lowest BCUT2D eigenvalue weighted by atomic mass is 9.93. The fourth-order valence-corrected chi connectivity index (χ4v) is 1.78. The zero-order chi connectivity index (χ0) is 10.6. The Hall–Kier alpha value is -0.820. The summed E-state index contributed by atoms with van der Waals surface area (Å²) in [7, 11) is 0. The van der Waals surface area contributed by atoms with Gasteiger partial charge in [-0.25, -0.2) is 0 Å². The van der Waals surface area contributed by atoms with Gasteiger partial charge in [-0.2, -0.15) is 0 Å². The van der Waals surface area contributed by atoms with Gasteiger partial charge >= 0.3 is 0 Å². The van der Waals surface area contributed by atoms with Crippen LogP contribution in [-0.4, -0.2) is 11.7 Å². The molecule has 1 heteroatoms. The average Bonchev–Trinajstić information content (AvgIpc) is 2.17. The third-order valence-electron chi connectivity index (χ3n) is 2.62. The summed E-state index contributed by atoms with van der Waals surface area (Å²) in [4.78, 5) is 0. The van der Waals surface area contributed by atoms with Gasteiger partial charge in [0.2, 0.25) is 0 Å². The third-order valence-corrected chi connectivity index (χ3v) is 2.62. The van der Waals surface area contributed by atoms with E-state index in [9.17, 15) is 0 Å². The number of rotatable bonds is 4. The predicted octanol–water partition coefficient (Wildman–Crippen LogP) is 2.91. The van der Waals surface area contributed by atoms with Gasteiger partial charge in [0.25, 0.3) is 0 Å². The molecule has 0 aliphatic carbocycles. The van der Waals surface area contributed by atoms with Crippen molar-refractivity contribution in [2.24, 2.45) is 0 Å². The third kappa shape index (κ3) is 2.58. The van der Waals surface area contributed by atoms with E-state index < -0.39 is 0 Å². The van der Waals surface area contributed by atoms with Gasteiger partial charge < -0.3 is 5.11 Å². The highest BCUT2D eigenvalue weighted by Crippen LogP contribution is 2.21. The van der Waals surface area contributed by atoms with Gasteiger partial charge in [-0.05, 0) is 35.4 Å². The molecule has 0 aromatic heterocycles. The number of hydrogen-bond acceptors (Lipinski definition) is 1. The molecule has 0 heterocycles. The molecule has 1 aromatic rings. The van der Waals surface area contributed by atoms with Crippen LogP contribution in [0.1, 0.15) is 43.4 Å². The Balaban J connectivity index is 3.03. The first-order valence-corrected chi connectivity index (χ1v) is 5.41. The Kier molecular flexibility index (Phi) is 4.15. The Labute approximate surface area is 86.8 Å². The first-order chi connectivity index (χ1) is 6.69. The van der Waals surface area contributed by atoms with E-state index in [4.69, 9.17) is 5.11 Å². The molecule has 78 valence electrons. The van der Waals surface area contributed by atoms with Crippen molar-refractivity contribution >= 4 is 0 Å². The van der Waals surface area contributed by atoms with Crippen molar-refractivity contribution in [1.29, 1.82) is 0 Å². The normalized spacial score (nSPS) is 10.9. The van der Waals surface area contributed by atoms with Gasteiger partial charge in [-0.15, -0.1) is 0 Å². The Morgan fingerprint density at radius 3 is 2.50 bits per heavy atom. The Morgan fingerprint density at radius 2 is 2.00 bits per heavy atom. The monoisotopic (exact) mass is 192 g/mol. The molecule has 1 nitrogen and oxygen atoms in total. The second-order valence-electron chi connectivity index (χ2n) is 4.02. The van der Waals surface area contributed by atoms with Crippen LogP contribution < -0.4 is 0 Å². The minimum Gasteiger partial charge on any atom is -0.396 e. The van der Waals surface area contributed by atoms with E-state index >= 15 is 0 Å². The fourth-order valence-electron chi connectivity index (χ4n) is 1.78. The molecule has 0 saturated carbocycles. The Bertz CT molecular complexity index is 289.